The number of hydrogen-bond donors (Lipinski definition) is 2. The first-order valence-corrected chi connectivity index (χ1v) is 8.67. The van der Waals surface area contributed by atoms with Crippen molar-refractivity contribution in [2.75, 3.05) is 53.5 Å². The molecule has 1 aromatic carbocycles. The quantitative estimate of drug-likeness (QED) is 0.653. The maximum Gasteiger partial charge on any atom is 0.161 e. The Morgan fingerprint density at radius 3 is 2.55 bits per heavy atom. The van der Waals surface area contributed by atoms with Crippen molar-refractivity contribution in [3.05, 3.63) is 23.8 Å². The molecule has 2 rings (SSSR count). The maximum atomic E-state index is 5.93. The molecule has 1 aliphatic rings. The van der Waals surface area contributed by atoms with Crippen LogP contribution in [0.4, 0.5) is 0 Å². The summed E-state index contributed by atoms with van der Waals surface area (Å²) >= 11 is 0. The first-order valence-electron chi connectivity index (χ1n) is 8.67. The van der Waals surface area contributed by atoms with E-state index < -0.39 is 0 Å². The van der Waals surface area contributed by atoms with Gasteiger partial charge in [-0.15, -0.1) is 0 Å². The van der Waals surface area contributed by atoms with Crippen LogP contribution in [0.15, 0.2) is 18.2 Å². The van der Waals surface area contributed by atoms with E-state index in [1.165, 1.54) is 38.3 Å². The van der Waals surface area contributed by atoms with Gasteiger partial charge in [0.25, 0.3) is 0 Å². The Hall–Kier alpha value is -1.26. The van der Waals surface area contributed by atoms with Gasteiger partial charge in [0.2, 0.25) is 0 Å². The molecule has 0 atom stereocenters. The number of benzene rings is 1. The predicted molar refractivity (Wildman–Crippen MR) is 89.3 cm³/mol. The van der Waals surface area contributed by atoms with Crippen molar-refractivity contribution in [2.24, 2.45) is 0 Å². The summed E-state index contributed by atoms with van der Waals surface area (Å²) in [6.45, 7) is 9.35. The SMILES string of the molecule is CCCc1ccc(OCCC[NH+]2CC[NH+](C)CC2)c(OC)c1. The zero-order valence-electron chi connectivity index (χ0n) is 14.4. The van der Waals surface area contributed by atoms with Crippen LogP contribution in [0.25, 0.3) is 0 Å². The summed E-state index contributed by atoms with van der Waals surface area (Å²) in [5.41, 5.74) is 1.32. The Kier molecular flexibility index (Phi) is 7.00. The van der Waals surface area contributed by atoms with Gasteiger partial charge in [0.1, 0.15) is 26.2 Å². The fourth-order valence-electron chi connectivity index (χ4n) is 3.06. The number of ether oxygens (including phenoxy) is 2. The van der Waals surface area contributed by atoms with E-state index in [4.69, 9.17) is 9.47 Å². The first kappa shape index (κ1) is 17.1. The Morgan fingerprint density at radius 2 is 1.86 bits per heavy atom. The van der Waals surface area contributed by atoms with E-state index in [1.807, 2.05) is 0 Å². The molecule has 0 bridgehead atoms. The van der Waals surface area contributed by atoms with Crippen LogP contribution in [-0.4, -0.2) is 53.5 Å². The van der Waals surface area contributed by atoms with E-state index in [2.05, 4.69) is 32.2 Å². The van der Waals surface area contributed by atoms with Crippen molar-refractivity contribution < 1.29 is 19.3 Å². The Bertz CT molecular complexity index is 443. The van der Waals surface area contributed by atoms with Gasteiger partial charge in [-0.05, 0) is 24.1 Å². The molecule has 0 aliphatic carbocycles. The molecular formula is C18H32N2O2+2. The fourth-order valence-corrected chi connectivity index (χ4v) is 3.06. The van der Waals surface area contributed by atoms with Gasteiger partial charge in [0.15, 0.2) is 11.5 Å². The normalized spacial score (nSPS) is 21.6. The van der Waals surface area contributed by atoms with E-state index in [9.17, 15) is 0 Å². The van der Waals surface area contributed by atoms with Gasteiger partial charge >= 0.3 is 0 Å². The summed E-state index contributed by atoms with van der Waals surface area (Å²) < 4.78 is 11.4. The lowest BCUT2D eigenvalue weighted by atomic mass is 10.1. The molecule has 4 nitrogen and oxygen atoms in total. The van der Waals surface area contributed by atoms with Crippen molar-refractivity contribution in [1.29, 1.82) is 0 Å². The minimum atomic E-state index is 0.773. The summed E-state index contributed by atoms with van der Waals surface area (Å²) in [7, 11) is 4.00. The number of nitrogens with one attached hydrogen (secondary N) is 2. The minimum absolute atomic E-state index is 0.773. The lowest BCUT2D eigenvalue weighted by Crippen LogP contribution is -3.27. The van der Waals surface area contributed by atoms with Crippen LogP contribution in [0.1, 0.15) is 25.3 Å². The van der Waals surface area contributed by atoms with Crippen LogP contribution in [-0.2, 0) is 6.42 Å². The molecule has 0 saturated carbocycles. The topological polar surface area (TPSA) is 27.3 Å². The summed E-state index contributed by atoms with van der Waals surface area (Å²) in [4.78, 5) is 3.39. The molecule has 1 aromatic rings. The van der Waals surface area contributed by atoms with Gasteiger partial charge in [0.05, 0.1) is 27.3 Å². The first-order chi connectivity index (χ1) is 10.7. The van der Waals surface area contributed by atoms with Crippen LogP contribution in [0.5, 0.6) is 11.5 Å². The van der Waals surface area contributed by atoms with E-state index in [0.717, 1.165) is 37.4 Å². The van der Waals surface area contributed by atoms with Crippen LogP contribution < -0.4 is 19.3 Å². The Labute approximate surface area is 135 Å². The van der Waals surface area contributed by atoms with E-state index >= 15 is 0 Å². The molecule has 124 valence electrons. The lowest BCUT2D eigenvalue weighted by molar-refractivity contribution is -1.00. The summed E-state index contributed by atoms with van der Waals surface area (Å²) in [5.74, 6) is 1.74. The number of rotatable bonds is 8. The molecule has 1 saturated heterocycles. The summed E-state index contributed by atoms with van der Waals surface area (Å²) in [5, 5.41) is 0. The minimum Gasteiger partial charge on any atom is -0.493 e. The zero-order chi connectivity index (χ0) is 15.8. The largest absolute Gasteiger partial charge is 0.493 e. The van der Waals surface area contributed by atoms with Crippen LogP contribution in [0, 0.1) is 0 Å². The average Bonchev–Trinajstić information content (AvgIpc) is 2.54. The standard InChI is InChI=1S/C18H30N2O2/c1-4-6-16-7-8-17(18(15-16)21-3)22-14-5-9-20-12-10-19(2)11-13-20/h7-8,15H,4-6,9-14H2,1-3H3/p+2. The molecule has 4 heteroatoms. The van der Waals surface area contributed by atoms with Gasteiger partial charge in [-0.2, -0.15) is 0 Å². The smallest absolute Gasteiger partial charge is 0.161 e. The second-order valence-electron chi connectivity index (χ2n) is 6.39. The molecule has 22 heavy (non-hydrogen) atoms. The van der Waals surface area contributed by atoms with Crippen LogP contribution in [0.3, 0.4) is 0 Å². The van der Waals surface area contributed by atoms with E-state index in [0.29, 0.717) is 0 Å². The molecule has 0 aromatic heterocycles. The van der Waals surface area contributed by atoms with Crippen LogP contribution in [0.2, 0.25) is 0 Å². The van der Waals surface area contributed by atoms with Gasteiger partial charge in [-0.25, -0.2) is 0 Å². The van der Waals surface area contributed by atoms with Crippen molar-refractivity contribution in [3.63, 3.8) is 0 Å². The second kappa shape index (κ2) is 9.01. The number of hydrogen-bond acceptors (Lipinski definition) is 2. The fraction of sp³-hybridized carbons (Fsp3) is 0.667. The van der Waals surface area contributed by atoms with Crippen molar-refractivity contribution in [1.82, 2.24) is 0 Å². The van der Waals surface area contributed by atoms with E-state index in [-0.39, 0.29) is 0 Å². The molecule has 1 fully saturated rings. The molecular weight excluding hydrogens is 276 g/mol. The second-order valence-corrected chi connectivity index (χ2v) is 6.39. The summed E-state index contributed by atoms with van der Waals surface area (Å²) in [6.07, 6.45) is 3.35. The van der Waals surface area contributed by atoms with Crippen molar-refractivity contribution >= 4 is 0 Å². The lowest BCUT2D eigenvalue weighted by Gasteiger charge is -2.27. The zero-order valence-corrected chi connectivity index (χ0v) is 14.4. The third kappa shape index (κ3) is 5.18. The third-order valence-corrected chi connectivity index (χ3v) is 4.51. The number of likely N-dealkylation sites (N-methyl/N-ethyl adjacent to an activating group) is 1. The maximum absolute atomic E-state index is 5.93. The molecule has 0 unspecified atom stereocenters. The van der Waals surface area contributed by atoms with Crippen molar-refractivity contribution in [2.45, 2.75) is 26.2 Å². The van der Waals surface area contributed by atoms with Gasteiger partial charge < -0.3 is 19.3 Å². The molecule has 0 spiro atoms. The molecule has 0 amide bonds. The van der Waals surface area contributed by atoms with Crippen molar-refractivity contribution in [3.8, 4) is 11.5 Å². The molecule has 2 N–H and O–H groups in total. The van der Waals surface area contributed by atoms with Gasteiger partial charge in [0, 0.05) is 6.42 Å². The Morgan fingerprint density at radius 1 is 1.09 bits per heavy atom. The predicted octanol–water partition coefficient (Wildman–Crippen LogP) is -0.170. The summed E-state index contributed by atoms with van der Waals surface area (Å²) in [6, 6.07) is 6.30. The third-order valence-electron chi connectivity index (χ3n) is 4.51. The average molecular weight is 308 g/mol. The highest BCUT2D eigenvalue weighted by Crippen LogP contribution is 2.28. The van der Waals surface area contributed by atoms with Crippen LogP contribution >= 0.6 is 0 Å². The monoisotopic (exact) mass is 308 g/mol. The van der Waals surface area contributed by atoms with E-state index in [1.54, 1.807) is 16.9 Å². The Balaban J connectivity index is 1.74. The van der Waals surface area contributed by atoms with Gasteiger partial charge in [-0.3, -0.25) is 0 Å². The number of aryl methyl sites for hydroxylation is 1. The van der Waals surface area contributed by atoms with Gasteiger partial charge in [-0.1, -0.05) is 19.4 Å². The molecule has 1 aliphatic heterocycles. The highest BCUT2D eigenvalue weighted by atomic mass is 16.5. The number of quaternary nitrogens is 2. The number of methoxy groups -OCH3 is 1. The molecule has 1 heterocycles. The highest BCUT2D eigenvalue weighted by molar-refractivity contribution is 5.43. The number of piperazine rings is 1. The highest BCUT2D eigenvalue weighted by Gasteiger charge is 2.19. The molecule has 0 radical (unpaired) electrons.